The van der Waals surface area contributed by atoms with Gasteiger partial charge in [-0.25, -0.2) is 5.43 Å². The van der Waals surface area contributed by atoms with E-state index in [1.807, 2.05) is 75.5 Å². The summed E-state index contributed by atoms with van der Waals surface area (Å²) < 4.78 is 2.08. The highest BCUT2D eigenvalue weighted by molar-refractivity contribution is 6.35. The molecule has 0 spiro atoms. The minimum absolute atomic E-state index is 0.129. The molecule has 4 aromatic rings. The number of hydrazone groups is 1. The quantitative estimate of drug-likeness (QED) is 0.208. The monoisotopic (exact) mass is 534 g/mol. The fourth-order valence-corrected chi connectivity index (χ4v) is 4.51. The highest BCUT2D eigenvalue weighted by Gasteiger charge is 2.24. The molecule has 2 amide bonds. The van der Waals surface area contributed by atoms with Crippen molar-refractivity contribution in [2.75, 3.05) is 0 Å². The Bertz CT molecular complexity index is 1460. The third kappa shape index (κ3) is 6.40. The number of carbonyl (C=O) groups excluding carboxylic acids is 2. The summed E-state index contributed by atoms with van der Waals surface area (Å²) >= 11 is 12.4. The second-order valence-corrected chi connectivity index (χ2v) is 10.1. The van der Waals surface area contributed by atoms with Crippen LogP contribution in [0.4, 0.5) is 0 Å². The predicted molar refractivity (Wildman–Crippen MR) is 151 cm³/mol. The van der Waals surface area contributed by atoms with Crippen molar-refractivity contribution in [2.45, 2.75) is 33.4 Å². The first-order valence-electron chi connectivity index (χ1n) is 11.9. The molecule has 4 rings (SSSR count). The van der Waals surface area contributed by atoms with Crippen molar-refractivity contribution in [1.82, 2.24) is 15.3 Å². The number of halogens is 2. The smallest absolute Gasteiger partial charge is 0.262 e. The van der Waals surface area contributed by atoms with Crippen molar-refractivity contribution in [3.8, 4) is 0 Å². The zero-order chi connectivity index (χ0) is 26.5. The highest BCUT2D eigenvalue weighted by atomic mass is 35.5. The van der Waals surface area contributed by atoms with E-state index in [2.05, 4.69) is 20.4 Å². The number of aromatic nitrogens is 1. The number of benzene rings is 3. The van der Waals surface area contributed by atoms with Crippen molar-refractivity contribution >= 4 is 52.1 Å². The zero-order valence-corrected chi connectivity index (χ0v) is 22.3. The van der Waals surface area contributed by atoms with Crippen LogP contribution in [0.3, 0.4) is 0 Å². The van der Waals surface area contributed by atoms with Crippen molar-refractivity contribution in [3.05, 3.63) is 105 Å². The highest BCUT2D eigenvalue weighted by Crippen LogP contribution is 2.25. The Kier molecular flexibility index (Phi) is 8.31. The Morgan fingerprint density at radius 3 is 2.46 bits per heavy atom. The van der Waals surface area contributed by atoms with Crippen LogP contribution in [0.25, 0.3) is 10.9 Å². The van der Waals surface area contributed by atoms with E-state index in [4.69, 9.17) is 23.2 Å². The maximum Gasteiger partial charge on any atom is 0.262 e. The van der Waals surface area contributed by atoms with Crippen LogP contribution in [0.2, 0.25) is 10.0 Å². The second-order valence-electron chi connectivity index (χ2n) is 9.26. The van der Waals surface area contributed by atoms with E-state index in [0.29, 0.717) is 22.2 Å². The molecule has 1 aromatic heterocycles. The minimum atomic E-state index is -0.737. The van der Waals surface area contributed by atoms with Crippen molar-refractivity contribution in [1.29, 1.82) is 0 Å². The molecule has 8 heteroatoms. The Morgan fingerprint density at radius 2 is 1.76 bits per heavy atom. The Hall–Kier alpha value is -3.61. The van der Waals surface area contributed by atoms with Crippen LogP contribution in [-0.4, -0.2) is 28.6 Å². The molecule has 1 unspecified atom stereocenters. The molecule has 0 bridgehead atoms. The van der Waals surface area contributed by atoms with Crippen LogP contribution in [0, 0.1) is 12.8 Å². The summed E-state index contributed by atoms with van der Waals surface area (Å²) in [7, 11) is 0. The summed E-state index contributed by atoms with van der Waals surface area (Å²) in [4.78, 5) is 25.6. The second kappa shape index (κ2) is 11.6. The Balaban J connectivity index is 1.49. The van der Waals surface area contributed by atoms with Crippen LogP contribution >= 0.6 is 23.2 Å². The molecule has 3 aromatic carbocycles. The molecular formula is C29H28Cl2N4O2. The molecule has 0 saturated heterocycles. The van der Waals surface area contributed by atoms with Crippen LogP contribution in [0.5, 0.6) is 0 Å². The fourth-order valence-electron chi connectivity index (χ4n) is 4.04. The summed E-state index contributed by atoms with van der Waals surface area (Å²) in [5.41, 5.74) is 6.93. The van der Waals surface area contributed by atoms with Gasteiger partial charge in [-0.15, -0.1) is 0 Å². The molecule has 0 fully saturated rings. The van der Waals surface area contributed by atoms with Gasteiger partial charge in [0.1, 0.15) is 6.04 Å². The normalized spacial score (nSPS) is 12.3. The van der Waals surface area contributed by atoms with E-state index in [1.165, 1.54) is 0 Å². The minimum Gasteiger partial charge on any atom is -0.342 e. The van der Waals surface area contributed by atoms with Crippen LogP contribution < -0.4 is 10.7 Å². The number of hydrogen-bond acceptors (Lipinski definition) is 3. The van der Waals surface area contributed by atoms with Gasteiger partial charge >= 0.3 is 0 Å². The van der Waals surface area contributed by atoms with Gasteiger partial charge in [-0.2, -0.15) is 5.10 Å². The summed E-state index contributed by atoms with van der Waals surface area (Å²) in [6.07, 6.45) is 3.57. The SMILES string of the molecule is Cc1ccc(C(=O)NC(C(=O)NN=Cc2cn(Cc3ccc(Cl)cc3Cl)c3ccccc23)C(C)C)cc1. The predicted octanol–water partition coefficient (Wildman–Crippen LogP) is 6.21. The first-order chi connectivity index (χ1) is 17.7. The van der Waals surface area contributed by atoms with Gasteiger partial charge in [0, 0.05) is 44.8 Å². The Labute approximate surface area is 226 Å². The summed E-state index contributed by atoms with van der Waals surface area (Å²) in [5, 5.41) is 9.19. The van der Waals surface area contributed by atoms with Gasteiger partial charge in [0.25, 0.3) is 11.8 Å². The molecule has 37 heavy (non-hydrogen) atoms. The van der Waals surface area contributed by atoms with Gasteiger partial charge in [-0.05, 0) is 48.7 Å². The number of hydrogen-bond donors (Lipinski definition) is 2. The standard InChI is InChI=1S/C29H28Cl2N4O2/c1-18(2)27(33-28(36)20-10-8-19(3)9-11-20)29(37)34-32-15-22-17-35(26-7-5-4-6-24(22)26)16-21-12-13-23(30)14-25(21)31/h4-15,17-18,27H,16H2,1-3H3,(H,33,36)(H,34,37). The number of carbonyl (C=O) groups is 2. The number of para-hydroxylation sites is 1. The van der Waals surface area contributed by atoms with Crippen molar-refractivity contribution < 1.29 is 9.59 Å². The number of aryl methyl sites for hydroxylation is 1. The molecule has 0 aliphatic heterocycles. The lowest BCUT2D eigenvalue weighted by atomic mass is 10.0. The number of fused-ring (bicyclic) bond motifs is 1. The maximum atomic E-state index is 12.9. The van der Waals surface area contributed by atoms with Gasteiger partial charge in [0.05, 0.1) is 6.21 Å². The first kappa shape index (κ1) is 26.5. The van der Waals surface area contributed by atoms with E-state index >= 15 is 0 Å². The lowest BCUT2D eigenvalue weighted by Crippen LogP contribution is -2.48. The molecule has 0 aliphatic rings. The van der Waals surface area contributed by atoms with E-state index in [0.717, 1.165) is 27.6 Å². The molecule has 1 atom stereocenters. The molecule has 0 saturated carbocycles. The van der Waals surface area contributed by atoms with Crippen LogP contribution in [-0.2, 0) is 11.3 Å². The topological polar surface area (TPSA) is 75.5 Å². The average Bonchev–Trinajstić information content (AvgIpc) is 3.21. The van der Waals surface area contributed by atoms with Gasteiger partial charge in [0.15, 0.2) is 0 Å². The van der Waals surface area contributed by atoms with E-state index in [-0.39, 0.29) is 17.7 Å². The third-order valence-electron chi connectivity index (χ3n) is 6.10. The van der Waals surface area contributed by atoms with Crippen LogP contribution in [0.15, 0.2) is 78.0 Å². The van der Waals surface area contributed by atoms with E-state index in [1.54, 1.807) is 24.4 Å². The third-order valence-corrected chi connectivity index (χ3v) is 6.69. The van der Waals surface area contributed by atoms with E-state index < -0.39 is 6.04 Å². The summed E-state index contributed by atoms with van der Waals surface area (Å²) in [6.45, 7) is 6.25. The Morgan fingerprint density at radius 1 is 1.03 bits per heavy atom. The van der Waals surface area contributed by atoms with E-state index in [9.17, 15) is 9.59 Å². The number of amides is 2. The van der Waals surface area contributed by atoms with Gasteiger partial charge in [-0.3, -0.25) is 9.59 Å². The van der Waals surface area contributed by atoms with Crippen molar-refractivity contribution in [3.63, 3.8) is 0 Å². The largest absolute Gasteiger partial charge is 0.342 e. The molecular weight excluding hydrogens is 507 g/mol. The lowest BCUT2D eigenvalue weighted by molar-refractivity contribution is -0.123. The molecule has 1 heterocycles. The van der Waals surface area contributed by atoms with Gasteiger partial charge in [-0.1, -0.05) is 79.0 Å². The molecule has 0 aliphatic carbocycles. The van der Waals surface area contributed by atoms with Gasteiger partial charge in [0.2, 0.25) is 0 Å². The number of rotatable bonds is 8. The molecule has 2 N–H and O–H groups in total. The lowest BCUT2D eigenvalue weighted by Gasteiger charge is -2.20. The summed E-state index contributed by atoms with van der Waals surface area (Å²) in [5.74, 6) is -0.819. The number of nitrogens with one attached hydrogen (secondary N) is 2. The first-order valence-corrected chi connectivity index (χ1v) is 12.7. The maximum absolute atomic E-state index is 12.9. The average molecular weight is 535 g/mol. The zero-order valence-electron chi connectivity index (χ0n) is 20.8. The molecule has 6 nitrogen and oxygen atoms in total. The number of nitrogens with zero attached hydrogens (tertiary/aromatic N) is 2. The fraction of sp³-hybridized carbons (Fsp3) is 0.207. The van der Waals surface area contributed by atoms with Gasteiger partial charge < -0.3 is 9.88 Å². The molecule has 190 valence electrons. The van der Waals surface area contributed by atoms with Crippen molar-refractivity contribution in [2.24, 2.45) is 11.0 Å². The van der Waals surface area contributed by atoms with Crippen LogP contribution in [0.1, 0.15) is 40.9 Å². The molecule has 0 radical (unpaired) electrons. The summed E-state index contributed by atoms with van der Waals surface area (Å²) in [6, 6.07) is 19.9.